The Labute approximate surface area is 126 Å². The Hall–Kier alpha value is -2.02. The lowest BCUT2D eigenvalue weighted by Gasteiger charge is -2.31. The molecule has 1 saturated heterocycles. The van der Waals surface area contributed by atoms with Gasteiger partial charge in [0.2, 0.25) is 11.8 Å². The zero-order chi connectivity index (χ0) is 14.8. The first kappa shape index (κ1) is 13.9. The second-order valence-electron chi connectivity index (χ2n) is 4.98. The average molecular weight is 304 g/mol. The van der Waals surface area contributed by atoms with Gasteiger partial charge in [0.25, 0.3) is 0 Å². The van der Waals surface area contributed by atoms with E-state index in [0.29, 0.717) is 13.1 Å². The van der Waals surface area contributed by atoms with Gasteiger partial charge < -0.3 is 14.8 Å². The fraction of sp³-hybridized carbons (Fsp3) is 0.357. The highest BCUT2D eigenvalue weighted by molar-refractivity contribution is 7.99. The molecule has 1 fully saturated rings. The number of H-pyrrole nitrogens is 1. The van der Waals surface area contributed by atoms with E-state index in [1.165, 1.54) is 11.8 Å². The van der Waals surface area contributed by atoms with E-state index < -0.39 is 0 Å². The van der Waals surface area contributed by atoms with E-state index in [0.717, 1.165) is 16.2 Å². The van der Waals surface area contributed by atoms with Gasteiger partial charge in [-0.2, -0.15) is 0 Å². The number of thioether (sulfide) groups is 1. The maximum absolute atomic E-state index is 12.1. The topological polar surface area (TPSA) is 69.3 Å². The Morgan fingerprint density at radius 1 is 1.38 bits per heavy atom. The molecule has 0 aliphatic carbocycles. The van der Waals surface area contributed by atoms with Crippen LogP contribution < -0.4 is 0 Å². The lowest BCUT2D eigenvalue weighted by molar-refractivity contribution is -0.142. The fourth-order valence-electron chi connectivity index (χ4n) is 2.19. The van der Waals surface area contributed by atoms with Crippen LogP contribution in [0.2, 0.25) is 0 Å². The number of carbonyl (C=O) groups is 2. The average Bonchev–Trinajstić information content (AvgIpc) is 2.90. The summed E-state index contributed by atoms with van der Waals surface area (Å²) in [6.45, 7) is 1.37. The number of likely N-dealkylation sites (N-methyl/N-ethyl adjacent to an activating group) is 1. The van der Waals surface area contributed by atoms with Crippen LogP contribution in [0.5, 0.6) is 0 Å². The summed E-state index contributed by atoms with van der Waals surface area (Å²) in [5.41, 5.74) is 1.85. The van der Waals surface area contributed by atoms with Crippen LogP contribution in [0, 0.1) is 0 Å². The Bertz CT molecular complexity index is 651. The molecule has 1 aromatic heterocycles. The number of aromatic nitrogens is 2. The largest absolute Gasteiger partial charge is 0.342 e. The van der Waals surface area contributed by atoms with Gasteiger partial charge in [-0.05, 0) is 12.1 Å². The SMILES string of the molecule is CN1CCN(C(=O)CSc2nc3ccccc3[nH]2)CC1=O. The first-order valence-corrected chi connectivity index (χ1v) is 7.71. The minimum Gasteiger partial charge on any atom is -0.342 e. The third-order valence-electron chi connectivity index (χ3n) is 3.51. The number of piperazine rings is 1. The molecule has 1 N–H and O–H groups in total. The molecule has 0 radical (unpaired) electrons. The summed E-state index contributed by atoms with van der Waals surface area (Å²) in [4.78, 5) is 34.6. The molecule has 0 atom stereocenters. The summed E-state index contributed by atoms with van der Waals surface area (Å²) in [7, 11) is 1.76. The van der Waals surface area contributed by atoms with Gasteiger partial charge in [0.1, 0.15) is 0 Å². The van der Waals surface area contributed by atoms with E-state index in [1.54, 1.807) is 16.8 Å². The van der Waals surface area contributed by atoms with Crippen LogP contribution in [-0.2, 0) is 9.59 Å². The Morgan fingerprint density at radius 3 is 2.95 bits per heavy atom. The number of para-hydroxylation sites is 2. The van der Waals surface area contributed by atoms with Gasteiger partial charge in [-0.15, -0.1) is 0 Å². The van der Waals surface area contributed by atoms with E-state index in [2.05, 4.69) is 9.97 Å². The van der Waals surface area contributed by atoms with Crippen LogP contribution >= 0.6 is 11.8 Å². The van der Waals surface area contributed by atoms with Gasteiger partial charge in [-0.3, -0.25) is 9.59 Å². The molecule has 2 amide bonds. The summed E-state index contributed by atoms with van der Waals surface area (Å²) < 4.78 is 0. The molecule has 2 aromatic rings. The van der Waals surface area contributed by atoms with Crippen molar-refractivity contribution in [1.29, 1.82) is 0 Å². The van der Waals surface area contributed by atoms with Crippen LogP contribution in [0.15, 0.2) is 29.4 Å². The van der Waals surface area contributed by atoms with E-state index in [9.17, 15) is 9.59 Å². The van der Waals surface area contributed by atoms with Crippen LogP contribution in [0.25, 0.3) is 11.0 Å². The highest BCUT2D eigenvalue weighted by Gasteiger charge is 2.24. The van der Waals surface area contributed by atoms with E-state index in [1.807, 2.05) is 24.3 Å². The number of rotatable bonds is 3. The fourth-order valence-corrected chi connectivity index (χ4v) is 2.98. The van der Waals surface area contributed by atoms with E-state index in [-0.39, 0.29) is 24.1 Å². The molecule has 21 heavy (non-hydrogen) atoms. The summed E-state index contributed by atoms with van der Waals surface area (Å²) in [6.07, 6.45) is 0. The second kappa shape index (κ2) is 5.77. The van der Waals surface area contributed by atoms with Gasteiger partial charge in [-0.25, -0.2) is 4.98 Å². The van der Waals surface area contributed by atoms with Gasteiger partial charge in [0, 0.05) is 20.1 Å². The molecule has 6 nitrogen and oxygen atoms in total. The number of carbonyl (C=O) groups excluding carboxylic acids is 2. The summed E-state index contributed by atoms with van der Waals surface area (Å²) >= 11 is 1.37. The van der Waals surface area contributed by atoms with Crippen molar-refractivity contribution in [3.8, 4) is 0 Å². The standard InChI is InChI=1S/C14H16N4O2S/c1-17-6-7-18(8-12(17)19)13(20)9-21-14-15-10-4-2-3-5-11(10)16-14/h2-5H,6-9H2,1H3,(H,15,16). The van der Waals surface area contributed by atoms with Crippen molar-refractivity contribution in [3.05, 3.63) is 24.3 Å². The number of fused-ring (bicyclic) bond motifs is 1. The maximum Gasteiger partial charge on any atom is 0.241 e. The molecule has 0 bridgehead atoms. The van der Waals surface area contributed by atoms with Crippen LogP contribution in [-0.4, -0.2) is 64.0 Å². The van der Waals surface area contributed by atoms with Crippen molar-refractivity contribution in [2.24, 2.45) is 0 Å². The van der Waals surface area contributed by atoms with Gasteiger partial charge in [0.15, 0.2) is 5.16 Å². The molecule has 3 rings (SSSR count). The number of aromatic amines is 1. The van der Waals surface area contributed by atoms with Crippen LogP contribution in [0.3, 0.4) is 0 Å². The number of benzene rings is 1. The van der Waals surface area contributed by atoms with Gasteiger partial charge in [-0.1, -0.05) is 23.9 Å². The highest BCUT2D eigenvalue weighted by Crippen LogP contribution is 2.19. The molecule has 2 heterocycles. The second-order valence-corrected chi connectivity index (χ2v) is 5.94. The zero-order valence-corrected chi connectivity index (χ0v) is 12.5. The van der Waals surface area contributed by atoms with Gasteiger partial charge in [0.05, 0.1) is 23.3 Å². The number of hydrogen-bond acceptors (Lipinski definition) is 4. The monoisotopic (exact) mass is 304 g/mol. The van der Waals surface area contributed by atoms with Gasteiger partial charge >= 0.3 is 0 Å². The molecule has 7 heteroatoms. The first-order valence-electron chi connectivity index (χ1n) is 6.73. The van der Waals surface area contributed by atoms with Crippen LogP contribution in [0.4, 0.5) is 0 Å². The number of hydrogen-bond donors (Lipinski definition) is 1. The van der Waals surface area contributed by atoms with Crippen molar-refractivity contribution in [2.45, 2.75) is 5.16 Å². The number of amides is 2. The Balaban J connectivity index is 1.59. The van der Waals surface area contributed by atoms with E-state index in [4.69, 9.17) is 0 Å². The molecule has 1 aliphatic heterocycles. The van der Waals surface area contributed by atoms with Crippen LogP contribution in [0.1, 0.15) is 0 Å². The molecular formula is C14H16N4O2S. The van der Waals surface area contributed by atoms with Crippen molar-refractivity contribution < 1.29 is 9.59 Å². The summed E-state index contributed by atoms with van der Waals surface area (Å²) in [5, 5.41) is 0.727. The zero-order valence-electron chi connectivity index (χ0n) is 11.7. The minimum atomic E-state index is -0.0260. The van der Waals surface area contributed by atoms with Crippen molar-refractivity contribution in [3.63, 3.8) is 0 Å². The quantitative estimate of drug-likeness (QED) is 0.857. The smallest absolute Gasteiger partial charge is 0.241 e. The maximum atomic E-state index is 12.1. The first-order chi connectivity index (χ1) is 10.1. The Morgan fingerprint density at radius 2 is 2.19 bits per heavy atom. The third kappa shape index (κ3) is 3.02. The predicted molar refractivity (Wildman–Crippen MR) is 81.0 cm³/mol. The third-order valence-corrected chi connectivity index (χ3v) is 4.37. The van der Waals surface area contributed by atoms with E-state index >= 15 is 0 Å². The molecular weight excluding hydrogens is 288 g/mol. The molecule has 0 saturated carbocycles. The highest BCUT2D eigenvalue weighted by atomic mass is 32.2. The Kier molecular flexibility index (Phi) is 3.83. The molecule has 110 valence electrons. The number of imidazole rings is 1. The molecule has 1 aromatic carbocycles. The van der Waals surface area contributed by atoms with Crippen molar-refractivity contribution in [2.75, 3.05) is 32.4 Å². The molecule has 0 unspecified atom stereocenters. The normalized spacial score (nSPS) is 15.8. The lowest BCUT2D eigenvalue weighted by Crippen LogP contribution is -2.51. The molecule has 1 aliphatic rings. The lowest BCUT2D eigenvalue weighted by atomic mass is 10.3. The molecule has 0 spiro atoms. The number of nitrogens with zero attached hydrogens (tertiary/aromatic N) is 3. The number of nitrogens with one attached hydrogen (secondary N) is 1. The predicted octanol–water partition coefficient (Wildman–Crippen LogP) is 0.956. The van der Waals surface area contributed by atoms with Crippen molar-refractivity contribution in [1.82, 2.24) is 19.8 Å². The van der Waals surface area contributed by atoms with Crippen molar-refractivity contribution >= 4 is 34.6 Å². The summed E-state index contributed by atoms with van der Waals surface area (Å²) in [6, 6.07) is 7.75. The minimum absolute atomic E-state index is 0.0108. The summed E-state index contributed by atoms with van der Waals surface area (Å²) in [5.74, 6) is 0.252.